The van der Waals surface area contributed by atoms with E-state index in [0.29, 0.717) is 22.1 Å². The van der Waals surface area contributed by atoms with Crippen LogP contribution in [0.25, 0.3) is 4.96 Å². The third-order valence-electron chi connectivity index (χ3n) is 3.00. The number of methoxy groups -OCH3 is 1. The zero-order valence-corrected chi connectivity index (χ0v) is 13.8. The van der Waals surface area contributed by atoms with Gasteiger partial charge in [-0.1, -0.05) is 17.4 Å². The quantitative estimate of drug-likeness (QED) is 0.788. The van der Waals surface area contributed by atoms with Crippen LogP contribution in [0.1, 0.15) is 10.7 Å². The number of ether oxygens (including phenoxy) is 1. The van der Waals surface area contributed by atoms with Crippen LogP contribution in [-0.2, 0) is 10.0 Å². The molecule has 0 saturated heterocycles. The standard InChI is InChI=1S/C13H14N4O3S2/c1-8-12(17-13(14-8)21-9(2)15-17)22(18,19)16-10-5-4-6-11(7-10)20-3/h4-7,16H,1-3H3. The topological polar surface area (TPSA) is 85.6 Å². The first-order valence-corrected chi connectivity index (χ1v) is 8.70. The van der Waals surface area contributed by atoms with Gasteiger partial charge in [0.05, 0.1) is 18.5 Å². The molecule has 2 heterocycles. The second-order valence-electron chi connectivity index (χ2n) is 4.66. The molecule has 2 aromatic heterocycles. The van der Waals surface area contributed by atoms with Gasteiger partial charge in [-0.2, -0.15) is 18.0 Å². The summed E-state index contributed by atoms with van der Waals surface area (Å²) in [5.74, 6) is 0.569. The first-order valence-electron chi connectivity index (χ1n) is 6.40. The highest BCUT2D eigenvalue weighted by atomic mass is 32.2. The lowest BCUT2D eigenvalue weighted by Crippen LogP contribution is -2.16. The van der Waals surface area contributed by atoms with E-state index in [2.05, 4.69) is 14.8 Å². The van der Waals surface area contributed by atoms with Crippen LogP contribution < -0.4 is 9.46 Å². The Morgan fingerprint density at radius 3 is 2.82 bits per heavy atom. The van der Waals surface area contributed by atoms with Crippen LogP contribution in [-0.4, -0.2) is 30.1 Å². The molecule has 0 atom stereocenters. The molecule has 0 unspecified atom stereocenters. The molecule has 3 aromatic rings. The Morgan fingerprint density at radius 2 is 2.09 bits per heavy atom. The number of benzene rings is 1. The Hall–Kier alpha value is -2.13. The van der Waals surface area contributed by atoms with Crippen molar-refractivity contribution in [3.8, 4) is 5.75 Å². The van der Waals surface area contributed by atoms with E-state index in [9.17, 15) is 8.42 Å². The summed E-state index contributed by atoms with van der Waals surface area (Å²) in [6, 6.07) is 6.71. The minimum absolute atomic E-state index is 0.0506. The molecule has 1 N–H and O–H groups in total. The third kappa shape index (κ3) is 2.53. The zero-order valence-electron chi connectivity index (χ0n) is 12.2. The predicted molar refractivity (Wildman–Crippen MR) is 84.1 cm³/mol. The van der Waals surface area contributed by atoms with Crippen LogP contribution in [0.4, 0.5) is 5.69 Å². The molecule has 7 nitrogen and oxygen atoms in total. The van der Waals surface area contributed by atoms with Crippen LogP contribution in [0.5, 0.6) is 5.75 Å². The summed E-state index contributed by atoms with van der Waals surface area (Å²) in [6.07, 6.45) is 0. The molecule has 0 aliphatic rings. The summed E-state index contributed by atoms with van der Waals surface area (Å²) in [4.78, 5) is 4.81. The molecule has 0 radical (unpaired) electrons. The zero-order chi connectivity index (χ0) is 15.9. The van der Waals surface area contributed by atoms with Gasteiger partial charge >= 0.3 is 0 Å². The van der Waals surface area contributed by atoms with E-state index in [4.69, 9.17) is 4.74 Å². The van der Waals surface area contributed by atoms with E-state index >= 15 is 0 Å². The molecular weight excluding hydrogens is 324 g/mol. The van der Waals surface area contributed by atoms with Gasteiger partial charge in [0.25, 0.3) is 10.0 Å². The highest BCUT2D eigenvalue weighted by molar-refractivity contribution is 7.92. The van der Waals surface area contributed by atoms with Gasteiger partial charge < -0.3 is 4.74 Å². The number of anilines is 1. The maximum absolute atomic E-state index is 12.7. The van der Waals surface area contributed by atoms with Gasteiger partial charge in [-0.05, 0) is 26.0 Å². The molecule has 0 fully saturated rings. The third-order valence-corrected chi connectivity index (χ3v) is 5.31. The summed E-state index contributed by atoms with van der Waals surface area (Å²) in [5, 5.41) is 5.01. The number of rotatable bonds is 4. The normalized spacial score (nSPS) is 11.8. The maximum Gasteiger partial charge on any atom is 0.281 e. The molecule has 0 amide bonds. The van der Waals surface area contributed by atoms with E-state index < -0.39 is 10.0 Å². The van der Waals surface area contributed by atoms with E-state index in [1.165, 1.54) is 23.0 Å². The van der Waals surface area contributed by atoms with Gasteiger partial charge in [0.1, 0.15) is 10.8 Å². The first kappa shape index (κ1) is 14.8. The predicted octanol–water partition coefficient (Wildman–Crippen LogP) is 2.22. The highest BCUT2D eigenvalue weighted by Crippen LogP contribution is 2.25. The Labute approximate surface area is 131 Å². The van der Waals surface area contributed by atoms with Gasteiger partial charge in [0.2, 0.25) is 9.99 Å². The van der Waals surface area contributed by atoms with Crippen molar-refractivity contribution >= 4 is 32.0 Å². The van der Waals surface area contributed by atoms with Crippen molar-refractivity contribution in [3.63, 3.8) is 0 Å². The smallest absolute Gasteiger partial charge is 0.281 e. The van der Waals surface area contributed by atoms with Gasteiger partial charge in [0, 0.05) is 6.07 Å². The molecule has 3 rings (SSSR count). The van der Waals surface area contributed by atoms with Crippen LogP contribution in [0.2, 0.25) is 0 Å². The second kappa shape index (κ2) is 5.25. The Kier molecular flexibility index (Phi) is 3.53. The van der Waals surface area contributed by atoms with Crippen molar-refractivity contribution in [2.75, 3.05) is 11.8 Å². The van der Waals surface area contributed by atoms with Crippen LogP contribution in [0.15, 0.2) is 29.3 Å². The fourth-order valence-electron chi connectivity index (χ4n) is 2.12. The maximum atomic E-state index is 12.7. The second-order valence-corrected chi connectivity index (χ2v) is 7.41. The fourth-order valence-corrected chi connectivity index (χ4v) is 4.29. The van der Waals surface area contributed by atoms with E-state index in [1.807, 2.05) is 0 Å². The lowest BCUT2D eigenvalue weighted by molar-refractivity contribution is 0.415. The van der Waals surface area contributed by atoms with Crippen molar-refractivity contribution in [3.05, 3.63) is 35.0 Å². The highest BCUT2D eigenvalue weighted by Gasteiger charge is 2.25. The van der Waals surface area contributed by atoms with Crippen molar-refractivity contribution in [1.82, 2.24) is 14.6 Å². The monoisotopic (exact) mass is 338 g/mol. The number of imidazole rings is 1. The van der Waals surface area contributed by atoms with Gasteiger partial charge in [-0.25, -0.2) is 4.98 Å². The van der Waals surface area contributed by atoms with Gasteiger partial charge in [-0.3, -0.25) is 4.72 Å². The number of sulfonamides is 1. The van der Waals surface area contributed by atoms with Crippen LogP contribution >= 0.6 is 11.3 Å². The summed E-state index contributed by atoms with van der Waals surface area (Å²) < 4.78 is 34.3. The summed E-state index contributed by atoms with van der Waals surface area (Å²) >= 11 is 1.34. The lowest BCUT2D eigenvalue weighted by Gasteiger charge is -2.08. The summed E-state index contributed by atoms with van der Waals surface area (Å²) in [7, 11) is -2.28. The van der Waals surface area contributed by atoms with E-state index in [1.54, 1.807) is 38.1 Å². The number of aryl methyl sites for hydroxylation is 2. The Bertz CT molecular complexity index is 944. The van der Waals surface area contributed by atoms with Crippen molar-refractivity contribution in [1.29, 1.82) is 0 Å². The van der Waals surface area contributed by atoms with Crippen LogP contribution in [0, 0.1) is 13.8 Å². The molecule has 0 aliphatic carbocycles. The average Bonchev–Trinajstić information content (AvgIpc) is 2.92. The van der Waals surface area contributed by atoms with E-state index in [-0.39, 0.29) is 5.03 Å². The molecule has 0 bridgehead atoms. The number of fused-ring (bicyclic) bond motifs is 1. The van der Waals surface area contributed by atoms with Crippen molar-refractivity contribution in [2.24, 2.45) is 0 Å². The number of hydrogen-bond donors (Lipinski definition) is 1. The van der Waals surface area contributed by atoms with Crippen LogP contribution in [0.3, 0.4) is 0 Å². The number of nitrogens with zero attached hydrogens (tertiary/aromatic N) is 3. The molecule has 116 valence electrons. The number of hydrogen-bond acceptors (Lipinski definition) is 6. The van der Waals surface area contributed by atoms with Gasteiger partial charge in [-0.15, -0.1) is 0 Å². The summed E-state index contributed by atoms with van der Waals surface area (Å²) in [6.45, 7) is 3.46. The minimum atomic E-state index is -3.80. The lowest BCUT2D eigenvalue weighted by atomic mass is 10.3. The Balaban J connectivity index is 2.06. The molecule has 1 aromatic carbocycles. The van der Waals surface area contributed by atoms with Crippen molar-refractivity contribution < 1.29 is 13.2 Å². The first-order chi connectivity index (χ1) is 10.4. The molecule has 22 heavy (non-hydrogen) atoms. The fraction of sp³-hybridized carbons (Fsp3) is 0.231. The molecular formula is C13H14N4O3S2. The molecule has 0 aliphatic heterocycles. The number of aromatic nitrogens is 3. The summed E-state index contributed by atoms with van der Waals surface area (Å²) in [5.41, 5.74) is 0.829. The van der Waals surface area contributed by atoms with Gasteiger partial charge in [0.15, 0.2) is 0 Å². The number of nitrogens with one attached hydrogen (secondary N) is 1. The Morgan fingerprint density at radius 1 is 1.32 bits per heavy atom. The molecule has 0 saturated carbocycles. The minimum Gasteiger partial charge on any atom is -0.497 e. The SMILES string of the molecule is COc1cccc(NS(=O)(=O)c2c(C)nc3sc(C)nn23)c1. The molecule has 9 heteroatoms. The average molecular weight is 338 g/mol. The van der Waals surface area contributed by atoms with E-state index in [0.717, 1.165) is 5.01 Å². The molecule has 0 spiro atoms. The largest absolute Gasteiger partial charge is 0.497 e. The van der Waals surface area contributed by atoms with Crippen molar-refractivity contribution in [2.45, 2.75) is 18.9 Å².